The van der Waals surface area contributed by atoms with Crippen LogP contribution in [0.5, 0.6) is 0 Å². The van der Waals surface area contributed by atoms with Crippen LogP contribution < -0.4 is 10.6 Å². The van der Waals surface area contributed by atoms with Crippen molar-refractivity contribution in [1.82, 2.24) is 9.97 Å². The maximum atomic E-state index is 5.79. The summed E-state index contributed by atoms with van der Waals surface area (Å²) < 4.78 is 1.16. The van der Waals surface area contributed by atoms with Crippen molar-refractivity contribution in [3.63, 3.8) is 0 Å². The Morgan fingerprint density at radius 3 is 2.94 bits per heavy atom. The normalized spacial score (nSPS) is 20.1. The number of thioether (sulfide) groups is 1. The summed E-state index contributed by atoms with van der Waals surface area (Å²) in [6, 6.07) is 0. The average Bonchev–Trinajstić information content (AvgIpc) is 2.44. The highest BCUT2D eigenvalue weighted by molar-refractivity contribution is 9.10. The molecule has 2 rings (SSSR count). The van der Waals surface area contributed by atoms with Gasteiger partial charge in [-0.05, 0) is 22.4 Å². The van der Waals surface area contributed by atoms with Crippen LogP contribution in [0.25, 0.3) is 0 Å². The van der Waals surface area contributed by atoms with Crippen molar-refractivity contribution in [1.29, 1.82) is 0 Å². The zero-order chi connectivity index (χ0) is 12.5. The molecule has 4 nitrogen and oxygen atoms in total. The Balaban J connectivity index is 2.20. The van der Waals surface area contributed by atoms with Gasteiger partial charge < -0.3 is 10.6 Å². The van der Waals surface area contributed by atoms with E-state index < -0.39 is 0 Å². The lowest BCUT2D eigenvalue weighted by Gasteiger charge is -2.24. The van der Waals surface area contributed by atoms with Gasteiger partial charge in [-0.2, -0.15) is 11.8 Å². The van der Waals surface area contributed by atoms with E-state index in [0.717, 1.165) is 35.6 Å². The summed E-state index contributed by atoms with van der Waals surface area (Å²) in [6.07, 6.45) is 2.67. The molecular formula is C11H17BrN4S. The number of hydrogen-bond donors (Lipinski definition) is 1. The molecule has 0 saturated carbocycles. The quantitative estimate of drug-likeness (QED) is 0.863. The summed E-state index contributed by atoms with van der Waals surface area (Å²) in [7, 11) is 0. The molecule has 0 radical (unpaired) electrons. The molecule has 1 fully saturated rings. The van der Waals surface area contributed by atoms with E-state index in [0.29, 0.717) is 10.6 Å². The van der Waals surface area contributed by atoms with Gasteiger partial charge in [0.15, 0.2) is 0 Å². The maximum Gasteiger partial charge on any atom is 0.148 e. The van der Waals surface area contributed by atoms with E-state index in [1.54, 1.807) is 0 Å². The lowest BCUT2D eigenvalue weighted by molar-refractivity contribution is 0.634. The van der Waals surface area contributed by atoms with Crippen molar-refractivity contribution in [2.24, 2.45) is 0 Å². The van der Waals surface area contributed by atoms with Gasteiger partial charge in [0.1, 0.15) is 22.4 Å². The van der Waals surface area contributed by atoms with Crippen LogP contribution in [0.2, 0.25) is 0 Å². The fourth-order valence-corrected chi connectivity index (χ4v) is 3.38. The van der Waals surface area contributed by atoms with E-state index in [1.807, 2.05) is 11.8 Å². The van der Waals surface area contributed by atoms with Gasteiger partial charge in [0.2, 0.25) is 0 Å². The summed E-state index contributed by atoms with van der Waals surface area (Å²) in [5, 5.41) is 0. The van der Waals surface area contributed by atoms with Crippen LogP contribution in [0, 0.1) is 0 Å². The van der Waals surface area contributed by atoms with E-state index in [2.05, 4.69) is 44.6 Å². The third kappa shape index (κ3) is 3.04. The summed E-state index contributed by atoms with van der Waals surface area (Å²) >= 11 is 5.49. The third-order valence-electron chi connectivity index (χ3n) is 2.94. The van der Waals surface area contributed by atoms with Crippen molar-refractivity contribution in [2.75, 3.05) is 29.5 Å². The van der Waals surface area contributed by atoms with Gasteiger partial charge in [0, 0.05) is 23.6 Å². The smallest absolute Gasteiger partial charge is 0.148 e. The second-order valence-corrected chi connectivity index (χ2v) is 7.34. The highest BCUT2D eigenvalue weighted by Crippen LogP contribution is 2.34. The molecule has 1 aromatic rings. The highest BCUT2D eigenvalue weighted by Gasteiger charge is 2.25. The Morgan fingerprint density at radius 1 is 1.41 bits per heavy atom. The standard InChI is InChI=1S/C11H17BrN4S/c1-11(2)3-4-16(5-6-17-11)10-8(12)9(13)14-7-15-10/h7H,3-6H2,1-2H3,(H2,13,14,15). The number of anilines is 2. The first kappa shape index (κ1) is 13.0. The Labute approximate surface area is 115 Å². The summed E-state index contributed by atoms with van der Waals surface area (Å²) in [5.41, 5.74) is 5.79. The Morgan fingerprint density at radius 2 is 2.18 bits per heavy atom. The molecule has 0 spiro atoms. The van der Waals surface area contributed by atoms with Crippen LogP contribution in [-0.4, -0.2) is 33.6 Å². The van der Waals surface area contributed by atoms with Gasteiger partial charge in [-0.1, -0.05) is 13.8 Å². The molecule has 94 valence electrons. The molecule has 1 aromatic heterocycles. The maximum absolute atomic E-state index is 5.79. The molecule has 1 aliphatic heterocycles. The van der Waals surface area contributed by atoms with E-state index in [9.17, 15) is 0 Å². The molecule has 1 saturated heterocycles. The van der Waals surface area contributed by atoms with Crippen LogP contribution in [-0.2, 0) is 0 Å². The van der Waals surface area contributed by atoms with Crippen LogP contribution in [0.3, 0.4) is 0 Å². The Hall–Kier alpha value is -0.490. The Kier molecular flexibility index (Phi) is 3.82. The minimum atomic E-state index is 0.347. The van der Waals surface area contributed by atoms with Gasteiger partial charge in [0.05, 0.1) is 0 Å². The average molecular weight is 317 g/mol. The predicted molar refractivity (Wildman–Crippen MR) is 77.5 cm³/mol. The second-order valence-electron chi connectivity index (χ2n) is 4.74. The molecule has 17 heavy (non-hydrogen) atoms. The molecule has 0 aliphatic carbocycles. The number of halogens is 1. The largest absolute Gasteiger partial charge is 0.383 e. The number of rotatable bonds is 1. The first-order chi connectivity index (χ1) is 7.99. The van der Waals surface area contributed by atoms with Crippen molar-refractivity contribution < 1.29 is 0 Å². The first-order valence-electron chi connectivity index (χ1n) is 5.64. The van der Waals surface area contributed by atoms with Crippen LogP contribution >= 0.6 is 27.7 Å². The van der Waals surface area contributed by atoms with E-state index in [-0.39, 0.29) is 0 Å². The predicted octanol–water partition coefficient (Wildman–Crippen LogP) is 2.54. The first-order valence-corrected chi connectivity index (χ1v) is 7.42. The summed E-state index contributed by atoms with van der Waals surface area (Å²) in [5.74, 6) is 2.53. The molecule has 0 bridgehead atoms. The van der Waals surface area contributed by atoms with Crippen molar-refractivity contribution in [2.45, 2.75) is 25.0 Å². The zero-order valence-corrected chi connectivity index (χ0v) is 12.5. The SMILES string of the molecule is CC1(C)CCN(c2ncnc(N)c2Br)CCS1. The number of nitrogens with zero attached hydrogens (tertiary/aromatic N) is 3. The molecule has 0 unspecified atom stereocenters. The lowest BCUT2D eigenvalue weighted by atomic mass is 10.1. The van der Waals surface area contributed by atoms with Crippen molar-refractivity contribution in [3.8, 4) is 0 Å². The fraction of sp³-hybridized carbons (Fsp3) is 0.636. The van der Waals surface area contributed by atoms with Crippen molar-refractivity contribution >= 4 is 39.3 Å². The number of nitrogen functional groups attached to an aromatic ring is 1. The molecular weight excluding hydrogens is 300 g/mol. The van der Waals surface area contributed by atoms with E-state index in [4.69, 9.17) is 5.73 Å². The molecule has 2 N–H and O–H groups in total. The van der Waals surface area contributed by atoms with Crippen LogP contribution in [0.4, 0.5) is 11.6 Å². The van der Waals surface area contributed by atoms with Gasteiger partial charge >= 0.3 is 0 Å². The molecule has 2 heterocycles. The minimum Gasteiger partial charge on any atom is -0.383 e. The van der Waals surface area contributed by atoms with E-state index >= 15 is 0 Å². The van der Waals surface area contributed by atoms with Crippen molar-refractivity contribution in [3.05, 3.63) is 10.8 Å². The summed E-state index contributed by atoms with van der Waals surface area (Å²) in [6.45, 7) is 6.60. The third-order valence-corrected chi connectivity index (χ3v) is 5.07. The molecule has 0 aromatic carbocycles. The topological polar surface area (TPSA) is 55.0 Å². The molecule has 6 heteroatoms. The number of nitrogens with two attached hydrogens (primary N) is 1. The van der Waals surface area contributed by atoms with Gasteiger partial charge in [0.25, 0.3) is 0 Å². The van der Waals surface area contributed by atoms with Gasteiger partial charge in [-0.3, -0.25) is 0 Å². The number of aromatic nitrogens is 2. The highest BCUT2D eigenvalue weighted by atomic mass is 79.9. The van der Waals surface area contributed by atoms with Crippen LogP contribution in [0.1, 0.15) is 20.3 Å². The zero-order valence-electron chi connectivity index (χ0n) is 10.1. The fourth-order valence-electron chi connectivity index (χ4n) is 1.83. The molecule has 0 amide bonds. The van der Waals surface area contributed by atoms with Crippen LogP contribution in [0.15, 0.2) is 10.8 Å². The van der Waals surface area contributed by atoms with E-state index in [1.165, 1.54) is 6.33 Å². The number of hydrogen-bond acceptors (Lipinski definition) is 5. The lowest BCUT2D eigenvalue weighted by Crippen LogP contribution is -2.28. The minimum absolute atomic E-state index is 0.347. The molecule has 0 atom stereocenters. The Bertz CT molecular complexity index is 410. The summed E-state index contributed by atoms with van der Waals surface area (Å²) in [4.78, 5) is 10.6. The monoisotopic (exact) mass is 316 g/mol. The van der Waals surface area contributed by atoms with Gasteiger partial charge in [-0.15, -0.1) is 0 Å². The molecule has 1 aliphatic rings. The van der Waals surface area contributed by atoms with Gasteiger partial charge in [-0.25, -0.2) is 9.97 Å². The second kappa shape index (κ2) is 5.02.